The summed E-state index contributed by atoms with van der Waals surface area (Å²) in [5, 5.41) is 6.21. The van der Waals surface area contributed by atoms with E-state index in [1.807, 2.05) is 13.8 Å². The van der Waals surface area contributed by atoms with Crippen molar-refractivity contribution < 1.29 is 19.1 Å². The van der Waals surface area contributed by atoms with Crippen LogP contribution in [-0.2, 0) is 4.74 Å². The predicted octanol–water partition coefficient (Wildman–Crippen LogP) is 3.88. The van der Waals surface area contributed by atoms with Gasteiger partial charge in [-0.2, -0.15) is 0 Å². The van der Waals surface area contributed by atoms with Crippen molar-refractivity contribution in [2.45, 2.75) is 26.7 Å². The van der Waals surface area contributed by atoms with Crippen molar-refractivity contribution >= 4 is 12.2 Å². The van der Waals surface area contributed by atoms with Gasteiger partial charge in [-0.1, -0.05) is 41.3 Å². The molecule has 0 bridgehead atoms. The van der Waals surface area contributed by atoms with Gasteiger partial charge in [0.2, 0.25) is 0 Å². The third kappa shape index (κ3) is 6.30. The Morgan fingerprint density at radius 3 is 2.37 bits per heavy atom. The third-order valence-corrected chi connectivity index (χ3v) is 2.16. The fourth-order valence-electron chi connectivity index (χ4n) is 1.14. The number of carbonyl (C=O) groups is 2. The molecule has 0 aliphatic rings. The molecule has 1 rings (SSSR count). The maximum absolute atomic E-state index is 11.2. The Morgan fingerprint density at radius 1 is 1.11 bits per heavy atom. The number of carbonyl (C=O) groups excluding carboxylic acids is 2. The molecule has 0 fully saturated rings. The van der Waals surface area contributed by atoms with Gasteiger partial charge < -0.3 is 9.47 Å². The molecule has 0 saturated heterocycles. The summed E-state index contributed by atoms with van der Waals surface area (Å²) in [6.07, 6.45) is -0.208. The first-order valence-electron chi connectivity index (χ1n) is 5.98. The van der Waals surface area contributed by atoms with Crippen LogP contribution in [0.3, 0.4) is 0 Å². The second kappa shape index (κ2) is 7.97. The van der Waals surface area contributed by atoms with Gasteiger partial charge in [0.25, 0.3) is 0 Å². The predicted molar refractivity (Wildman–Crippen MR) is 68.3 cm³/mol. The van der Waals surface area contributed by atoms with E-state index in [9.17, 15) is 9.59 Å². The first-order valence-corrected chi connectivity index (χ1v) is 5.98. The van der Waals surface area contributed by atoms with E-state index in [1.165, 1.54) is 0 Å². The van der Waals surface area contributed by atoms with Crippen LogP contribution in [0, 0.1) is 6.92 Å². The number of rotatable bonds is 4. The van der Waals surface area contributed by atoms with E-state index in [-0.39, 0.29) is 6.61 Å². The number of nitrogens with zero attached hydrogens (tertiary/aromatic N) is 2. The summed E-state index contributed by atoms with van der Waals surface area (Å²) in [6, 6.07) is 6.84. The Hall–Kier alpha value is -2.24. The Balaban J connectivity index is 2.38. The number of hydrogen-bond donors (Lipinski definition) is 0. The van der Waals surface area contributed by atoms with Crippen molar-refractivity contribution in [2.75, 3.05) is 6.61 Å². The van der Waals surface area contributed by atoms with Crippen molar-refractivity contribution in [1.29, 1.82) is 0 Å². The molecular weight excluding hydrogens is 248 g/mol. The van der Waals surface area contributed by atoms with Crippen LogP contribution < -0.4 is 4.74 Å². The van der Waals surface area contributed by atoms with Gasteiger partial charge in [0.1, 0.15) is 5.75 Å². The number of amides is 2. The zero-order valence-corrected chi connectivity index (χ0v) is 11.0. The SMILES string of the molecule is CCCCOC(=O)/N=N/C(=O)Oc1ccc(C)cc1. The topological polar surface area (TPSA) is 77.3 Å². The van der Waals surface area contributed by atoms with Crippen LogP contribution in [0.5, 0.6) is 5.75 Å². The van der Waals surface area contributed by atoms with Crippen LogP contribution in [0.25, 0.3) is 0 Å². The van der Waals surface area contributed by atoms with Crippen molar-refractivity contribution in [2.24, 2.45) is 10.2 Å². The lowest BCUT2D eigenvalue weighted by Crippen LogP contribution is -2.04. The summed E-state index contributed by atoms with van der Waals surface area (Å²) in [4.78, 5) is 22.3. The zero-order chi connectivity index (χ0) is 14.1. The van der Waals surface area contributed by atoms with Gasteiger partial charge in [0.15, 0.2) is 0 Å². The molecule has 102 valence electrons. The van der Waals surface area contributed by atoms with E-state index < -0.39 is 12.2 Å². The summed E-state index contributed by atoms with van der Waals surface area (Å²) in [6.45, 7) is 4.15. The molecule has 0 saturated carbocycles. The normalized spacial score (nSPS) is 10.4. The molecule has 0 atom stereocenters. The molecule has 0 heterocycles. The second-order valence-electron chi connectivity index (χ2n) is 3.85. The summed E-state index contributed by atoms with van der Waals surface area (Å²) < 4.78 is 9.53. The number of hydrogen-bond acceptors (Lipinski definition) is 4. The van der Waals surface area contributed by atoms with E-state index in [0.29, 0.717) is 5.75 Å². The van der Waals surface area contributed by atoms with Crippen LogP contribution in [0.1, 0.15) is 25.3 Å². The molecule has 0 aliphatic carbocycles. The van der Waals surface area contributed by atoms with Gasteiger partial charge in [0, 0.05) is 0 Å². The fourth-order valence-corrected chi connectivity index (χ4v) is 1.14. The van der Waals surface area contributed by atoms with Crippen molar-refractivity contribution in [1.82, 2.24) is 0 Å². The Morgan fingerprint density at radius 2 is 1.74 bits per heavy atom. The largest absolute Gasteiger partial charge is 0.458 e. The average Bonchev–Trinajstić information content (AvgIpc) is 2.39. The summed E-state index contributed by atoms with van der Waals surface area (Å²) in [7, 11) is 0. The molecule has 0 aromatic heterocycles. The van der Waals surface area contributed by atoms with E-state index in [0.717, 1.165) is 18.4 Å². The average molecular weight is 264 g/mol. The molecule has 1 aromatic carbocycles. The number of benzene rings is 1. The van der Waals surface area contributed by atoms with E-state index in [2.05, 4.69) is 10.2 Å². The Bertz CT molecular complexity index is 454. The molecule has 6 heteroatoms. The maximum atomic E-state index is 11.2. The molecule has 0 unspecified atom stereocenters. The molecule has 6 nitrogen and oxygen atoms in total. The minimum Gasteiger partial charge on any atom is -0.447 e. The Labute approximate surface area is 111 Å². The lowest BCUT2D eigenvalue weighted by Gasteiger charge is -2.00. The lowest BCUT2D eigenvalue weighted by molar-refractivity contribution is 0.152. The smallest absolute Gasteiger partial charge is 0.447 e. The summed E-state index contributed by atoms with van der Waals surface area (Å²) in [5.74, 6) is 0.342. The molecule has 19 heavy (non-hydrogen) atoms. The van der Waals surface area contributed by atoms with Gasteiger partial charge in [-0.25, -0.2) is 9.59 Å². The van der Waals surface area contributed by atoms with Gasteiger partial charge >= 0.3 is 12.2 Å². The summed E-state index contributed by atoms with van der Waals surface area (Å²) >= 11 is 0. The Kier molecular flexibility index (Phi) is 6.21. The quantitative estimate of drug-likeness (QED) is 0.610. The molecule has 0 radical (unpaired) electrons. The van der Waals surface area contributed by atoms with Gasteiger partial charge in [-0.05, 0) is 25.5 Å². The molecule has 0 N–H and O–H groups in total. The maximum Gasteiger partial charge on any atom is 0.458 e. The number of ether oxygens (including phenoxy) is 2. The minimum atomic E-state index is -0.962. The molecular formula is C13H16N2O4. The zero-order valence-electron chi connectivity index (χ0n) is 11.0. The van der Waals surface area contributed by atoms with E-state index in [4.69, 9.17) is 9.47 Å². The monoisotopic (exact) mass is 264 g/mol. The highest BCUT2D eigenvalue weighted by Crippen LogP contribution is 2.12. The van der Waals surface area contributed by atoms with Crippen LogP contribution in [0.4, 0.5) is 9.59 Å². The number of azo groups is 1. The lowest BCUT2D eigenvalue weighted by atomic mass is 10.2. The van der Waals surface area contributed by atoms with Crippen molar-refractivity contribution in [3.8, 4) is 5.75 Å². The highest BCUT2D eigenvalue weighted by molar-refractivity contribution is 5.74. The van der Waals surface area contributed by atoms with Crippen LogP contribution in [0.15, 0.2) is 34.5 Å². The van der Waals surface area contributed by atoms with Crippen LogP contribution in [0.2, 0.25) is 0 Å². The minimum absolute atomic E-state index is 0.265. The first-order chi connectivity index (χ1) is 9.11. The highest BCUT2D eigenvalue weighted by Gasteiger charge is 2.05. The van der Waals surface area contributed by atoms with E-state index >= 15 is 0 Å². The summed E-state index contributed by atoms with van der Waals surface area (Å²) in [5.41, 5.74) is 1.04. The van der Waals surface area contributed by atoms with Crippen LogP contribution in [-0.4, -0.2) is 18.8 Å². The molecule has 2 amide bonds. The molecule has 0 aliphatic heterocycles. The van der Waals surface area contributed by atoms with Gasteiger partial charge in [-0.15, -0.1) is 0 Å². The first kappa shape index (κ1) is 14.8. The van der Waals surface area contributed by atoms with E-state index in [1.54, 1.807) is 24.3 Å². The van der Waals surface area contributed by atoms with Crippen LogP contribution >= 0.6 is 0 Å². The second-order valence-corrected chi connectivity index (χ2v) is 3.85. The molecule has 0 spiro atoms. The van der Waals surface area contributed by atoms with Gasteiger partial charge in [-0.3, -0.25) is 0 Å². The molecule has 1 aromatic rings. The van der Waals surface area contributed by atoms with Gasteiger partial charge in [0.05, 0.1) is 6.61 Å². The highest BCUT2D eigenvalue weighted by atomic mass is 16.6. The third-order valence-electron chi connectivity index (χ3n) is 2.16. The number of unbranched alkanes of at least 4 members (excludes halogenated alkanes) is 1. The fraction of sp³-hybridized carbons (Fsp3) is 0.385. The number of aryl methyl sites for hydroxylation is 1. The van der Waals surface area contributed by atoms with Crippen molar-refractivity contribution in [3.05, 3.63) is 29.8 Å². The van der Waals surface area contributed by atoms with Crippen molar-refractivity contribution in [3.63, 3.8) is 0 Å². The standard InChI is InChI=1S/C13H16N2O4/c1-3-4-9-18-12(16)14-15-13(17)19-11-7-5-10(2)6-8-11/h5-8H,3-4,9H2,1-2H3/b15-14+.